The number of carbonyl (C=O) groups is 1. The quantitative estimate of drug-likeness (QED) is 0.173. The normalized spacial score (nSPS) is 11.1. The van der Waals surface area contributed by atoms with Crippen molar-refractivity contribution in [1.29, 1.82) is 0 Å². The van der Waals surface area contributed by atoms with Gasteiger partial charge in [0.25, 0.3) is 5.91 Å². The smallest absolute Gasteiger partial charge is 0.352 e. The zero-order valence-corrected chi connectivity index (χ0v) is 21.3. The van der Waals surface area contributed by atoms with Crippen molar-refractivity contribution in [3.05, 3.63) is 113 Å². The number of rotatable bonds is 4. The van der Waals surface area contributed by atoms with Crippen LogP contribution in [0.4, 0.5) is 30.4 Å². The highest BCUT2D eigenvalue weighted by molar-refractivity contribution is 7.80. The Morgan fingerprint density at radius 1 is 1.00 bits per heavy atom. The molecule has 0 radical (unpaired) electrons. The molecule has 1 amide bonds. The van der Waals surface area contributed by atoms with Gasteiger partial charge in [-0.3, -0.25) is 9.20 Å². The Morgan fingerprint density at radius 2 is 1.79 bits per heavy atom. The Balaban J connectivity index is 1.39. The Bertz CT molecular complexity index is 1750. The van der Waals surface area contributed by atoms with E-state index in [2.05, 4.69) is 45.1 Å². The predicted molar refractivity (Wildman–Crippen MR) is 147 cm³/mol. The highest BCUT2D eigenvalue weighted by Crippen LogP contribution is 2.30. The fraction of sp³-hybridized carbons (Fsp3) is 0.0690. The number of aromatic nitrogens is 3. The van der Waals surface area contributed by atoms with Gasteiger partial charge < -0.3 is 10.6 Å². The van der Waals surface area contributed by atoms with Crippen molar-refractivity contribution in [2.45, 2.75) is 18.0 Å². The highest BCUT2D eigenvalue weighted by Gasteiger charge is 2.30. The van der Waals surface area contributed by atoms with Crippen LogP contribution in [0.2, 0.25) is 0 Å². The van der Waals surface area contributed by atoms with Gasteiger partial charge in [-0.1, -0.05) is 12.0 Å². The number of aryl methyl sites for hydroxylation is 1. The average Bonchev–Trinajstić information content (AvgIpc) is 3.33. The summed E-state index contributed by atoms with van der Waals surface area (Å²) in [7, 11) is 0. The van der Waals surface area contributed by atoms with E-state index in [0.717, 1.165) is 40.2 Å². The molecule has 2 N–H and O–H groups in total. The number of alkyl halides is 3. The van der Waals surface area contributed by atoms with Gasteiger partial charge >= 0.3 is 6.18 Å². The highest BCUT2D eigenvalue weighted by atomic mass is 32.1. The number of halogens is 3. The van der Waals surface area contributed by atoms with Crippen molar-refractivity contribution in [2.24, 2.45) is 0 Å². The Kier molecular flexibility index (Phi) is 7.00. The van der Waals surface area contributed by atoms with Crippen LogP contribution in [0.3, 0.4) is 0 Å². The van der Waals surface area contributed by atoms with Gasteiger partial charge in [-0.05, 0) is 79.1 Å². The zero-order chi connectivity index (χ0) is 27.6. The monoisotopic (exact) mass is 543 g/mol. The summed E-state index contributed by atoms with van der Waals surface area (Å²) in [5.74, 6) is 5.40. The number of nitrogens with one attached hydrogen (secondary N) is 2. The van der Waals surface area contributed by atoms with E-state index < -0.39 is 17.6 Å². The van der Waals surface area contributed by atoms with Gasteiger partial charge in [-0.25, -0.2) is 9.97 Å². The lowest BCUT2D eigenvalue weighted by molar-refractivity contribution is -0.137. The Morgan fingerprint density at radius 3 is 2.56 bits per heavy atom. The lowest BCUT2D eigenvalue weighted by atomic mass is 10.0. The molecule has 0 spiro atoms. The van der Waals surface area contributed by atoms with Crippen molar-refractivity contribution in [3.8, 4) is 11.8 Å². The molecular weight excluding hydrogens is 523 g/mol. The maximum atomic E-state index is 13.0. The average molecular weight is 544 g/mol. The number of fused-ring (bicyclic) bond motifs is 1. The fourth-order valence-corrected chi connectivity index (χ4v) is 3.94. The zero-order valence-electron chi connectivity index (χ0n) is 20.4. The first kappa shape index (κ1) is 25.9. The molecule has 0 fully saturated rings. The number of hydrogen-bond donors (Lipinski definition) is 3. The van der Waals surface area contributed by atoms with Crippen molar-refractivity contribution >= 4 is 41.4 Å². The molecule has 0 aliphatic heterocycles. The maximum absolute atomic E-state index is 13.0. The largest absolute Gasteiger partial charge is 0.416 e. The van der Waals surface area contributed by atoms with E-state index >= 15 is 0 Å². The molecule has 5 rings (SSSR count). The summed E-state index contributed by atoms with van der Waals surface area (Å²) in [4.78, 5) is 21.9. The third-order valence-corrected chi connectivity index (χ3v) is 6.13. The molecule has 0 aliphatic carbocycles. The van der Waals surface area contributed by atoms with Crippen LogP contribution in [0, 0.1) is 18.8 Å². The number of amides is 1. The van der Waals surface area contributed by atoms with Gasteiger partial charge in [-0.2, -0.15) is 13.2 Å². The van der Waals surface area contributed by atoms with Gasteiger partial charge in [-0.15, -0.1) is 12.6 Å². The first-order valence-electron chi connectivity index (χ1n) is 11.7. The molecule has 3 aromatic heterocycles. The van der Waals surface area contributed by atoms with Gasteiger partial charge in [0.2, 0.25) is 0 Å². The molecule has 39 heavy (non-hydrogen) atoms. The molecular formula is C29H20F3N5OS. The first-order chi connectivity index (χ1) is 18.7. The van der Waals surface area contributed by atoms with E-state index in [1.165, 1.54) is 0 Å². The number of pyridine rings is 2. The summed E-state index contributed by atoms with van der Waals surface area (Å²) in [6, 6.07) is 17.9. The number of thiol groups is 1. The molecule has 0 unspecified atom stereocenters. The molecule has 194 valence electrons. The third-order valence-electron chi connectivity index (χ3n) is 5.84. The van der Waals surface area contributed by atoms with Gasteiger partial charge in [0, 0.05) is 34.1 Å². The topological polar surface area (TPSA) is 71.3 Å². The number of hydrogen-bond acceptors (Lipinski definition) is 5. The Labute approximate surface area is 227 Å². The van der Waals surface area contributed by atoms with E-state index in [0.29, 0.717) is 16.9 Å². The number of carbonyl (C=O) groups excluding carboxylic acids is 1. The summed E-state index contributed by atoms with van der Waals surface area (Å²) in [6.07, 6.45) is -0.0245. The van der Waals surface area contributed by atoms with Crippen LogP contribution in [0.25, 0.3) is 5.65 Å². The maximum Gasteiger partial charge on any atom is 0.416 e. The van der Waals surface area contributed by atoms with E-state index in [-0.39, 0.29) is 11.4 Å². The van der Waals surface area contributed by atoms with Crippen molar-refractivity contribution < 1.29 is 18.0 Å². The molecule has 2 aromatic carbocycles. The number of nitrogens with zero attached hydrogens (tertiary/aromatic N) is 3. The molecule has 0 bridgehead atoms. The molecule has 0 saturated carbocycles. The van der Waals surface area contributed by atoms with Crippen LogP contribution in [0.5, 0.6) is 0 Å². The van der Waals surface area contributed by atoms with E-state index in [1.54, 1.807) is 24.4 Å². The molecule has 0 saturated heterocycles. The van der Waals surface area contributed by atoms with Crippen molar-refractivity contribution in [1.82, 2.24) is 14.4 Å². The van der Waals surface area contributed by atoms with Gasteiger partial charge in [0.1, 0.15) is 11.5 Å². The molecule has 10 heteroatoms. The number of benzene rings is 2. The number of anilines is 3. The van der Waals surface area contributed by atoms with Crippen LogP contribution in [0.15, 0.2) is 90.2 Å². The van der Waals surface area contributed by atoms with Gasteiger partial charge in [0.05, 0.1) is 17.4 Å². The van der Waals surface area contributed by atoms with Crippen molar-refractivity contribution in [2.75, 3.05) is 10.6 Å². The van der Waals surface area contributed by atoms with Crippen LogP contribution < -0.4 is 10.6 Å². The first-order valence-corrected chi connectivity index (χ1v) is 12.1. The third kappa shape index (κ3) is 5.89. The van der Waals surface area contributed by atoms with Gasteiger partial charge in [0.15, 0.2) is 5.65 Å². The lowest BCUT2D eigenvalue weighted by Gasteiger charge is -2.09. The standard InChI is InChI=1S/C29H20F3N5OS/c1-18-4-5-20(28(38)36-26-16-21(12-13-33-26)29(30,31)32)15-19(18)6-9-23-17-34-27-25(3-2-14-37(23)27)35-22-7-10-24(39)11-8-22/h2-5,7-8,10-17,35,39H,1H3,(H,33,36,38). The summed E-state index contributed by atoms with van der Waals surface area (Å²) in [5.41, 5.74) is 3.79. The molecule has 5 aromatic rings. The minimum atomic E-state index is -4.54. The van der Waals surface area contributed by atoms with Crippen LogP contribution >= 0.6 is 12.6 Å². The van der Waals surface area contributed by atoms with Crippen molar-refractivity contribution in [3.63, 3.8) is 0 Å². The second-order valence-electron chi connectivity index (χ2n) is 8.59. The SMILES string of the molecule is Cc1ccc(C(=O)Nc2cc(C(F)(F)F)ccn2)cc1C#Cc1cnc2c(Nc3ccc(S)cc3)cccn12. The van der Waals surface area contributed by atoms with E-state index in [1.807, 2.05) is 53.9 Å². The summed E-state index contributed by atoms with van der Waals surface area (Å²) < 4.78 is 40.8. The summed E-state index contributed by atoms with van der Waals surface area (Å²) in [6.45, 7) is 1.85. The van der Waals surface area contributed by atoms with E-state index in [9.17, 15) is 18.0 Å². The minimum absolute atomic E-state index is 0.195. The minimum Gasteiger partial charge on any atom is -0.352 e. The lowest BCUT2D eigenvalue weighted by Crippen LogP contribution is -2.14. The van der Waals surface area contributed by atoms with Crippen LogP contribution in [-0.4, -0.2) is 20.3 Å². The molecule has 0 aliphatic rings. The summed E-state index contributed by atoms with van der Waals surface area (Å²) >= 11 is 4.31. The van der Waals surface area contributed by atoms with E-state index in [4.69, 9.17) is 0 Å². The van der Waals surface area contributed by atoms with Crippen LogP contribution in [0.1, 0.15) is 32.7 Å². The second kappa shape index (κ2) is 10.6. The second-order valence-corrected chi connectivity index (χ2v) is 9.11. The molecule has 0 atom stereocenters. The molecule has 3 heterocycles. The number of imidazole rings is 1. The van der Waals surface area contributed by atoms with Crippen LogP contribution in [-0.2, 0) is 6.18 Å². The Hall–Kier alpha value is -4.75. The predicted octanol–water partition coefficient (Wildman–Crippen LogP) is 6.74. The molecule has 6 nitrogen and oxygen atoms in total. The summed E-state index contributed by atoms with van der Waals surface area (Å²) in [5, 5.41) is 5.76. The fourth-order valence-electron chi connectivity index (χ4n) is 3.79.